The van der Waals surface area contributed by atoms with Gasteiger partial charge in [-0.1, -0.05) is 0 Å². The number of aliphatic hydroxyl groups excluding tert-OH is 1. The topological polar surface area (TPSA) is 62.7 Å². The van der Waals surface area contributed by atoms with Gasteiger partial charge in [-0.05, 0) is 24.1 Å². The summed E-state index contributed by atoms with van der Waals surface area (Å²) in [5.74, 6) is 0.0779. The molecule has 0 aromatic carbocycles. The quantitative estimate of drug-likeness (QED) is 0.831. The molecule has 5 heteroatoms. The van der Waals surface area contributed by atoms with E-state index in [1.807, 2.05) is 12.1 Å². The van der Waals surface area contributed by atoms with Crippen molar-refractivity contribution < 1.29 is 14.6 Å². The standard InChI is InChI=1S/C13H18N2O3/c16-9-12-10-18-8-7-15(12)13(17)2-1-11-3-5-14-6-4-11/h3-6,12,16H,1-2,7-10H2. The van der Waals surface area contributed by atoms with Gasteiger partial charge in [-0.15, -0.1) is 0 Å². The number of nitrogens with zero attached hydrogens (tertiary/aromatic N) is 2. The molecule has 1 saturated heterocycles. The lowest BCUT2D eigenvalue weighted by molar-refractivity contribution is -0.141. The Morgan fingerprint density at radius 1 is 1.50 bits per heavy atom. The first-order chi connectivity index (χ1) is 8.81. The van der Waals surface area contributed by atoms with E-state index in [2.05, 4.69) is 4.98 Å². The molecule has 1 aliphatic rings. The van der Waals surface area contributed by atoms with Gasteiger partial charge >= 0.3 is 0 Å². The SMILES string of the molecule is O=C(CCc1ccncc1)N1CCOCC1CO. The summed E-state index contributed by atoms with van der Waals surface area (Å²) in [5.41, 5.74) is 1.10. The molecule has 1 aliphatic heterocycles. The number of hydrogen-bond donors (Lipinski definition) is 1. The maximum atomic E-state index is 12.1. The minimum atomic E-state index is -0.191. The minimum absolute atomic E-state index is 0.0407. The molecule has 98 valence electrons. The average Bonchev–Trinajstić information content (AvgIpc) is 2.45. The summed E-state index contributed by atoms with van der Waals surface area (Å²) in [4.78, 5) is 17.8. The van der Waals surface area contributed by atoms with E-state index in [0.717, 1.165) is 5.56 Å². The second-order valence-electron chi connectivity index (χ2n) is 4.35. The van der Waals surface area contributed by atoms with Crippen molar-refractivity contribution in [2.24, 2.45) is 0 Å². The van der Waals surface area contributed by atoms with Gasteiger partial charge in [-0.3, -0.25) is 9.78 Å². The molecule has 0 spiro atoms. The normalized spacial score (nSPS) is 19.8. The summed E-state index contributed by atoms with van der Waals surface area (Å²) >= 11 is 0. The Bertz CT molecular complexity index is 383. The lowest BCUT2D eigenvalue weighted by Gasteiger charge is -2.34. The monoisotopic (exact) mass is 250 g/mol. The second-order valence-corrected chi connectivity index (χ2v) is 4.35. The maximum absolute atomic E-state index is 12.1. The van der Waals surface area contributed by atoms with Crippen molar-refractivity contribution in [3.05, 3.63) is 30.1 Å². The van der Waals surface area contributed by atoms with Crippen molar-refractivity contribution in [2.75, 3.05) is 26.4 Å². The van der Waals surface area contributed by atoms with Gasteiger partial charge in [-0.2, -0.15) is 0 Å². The van der Waals surface area contributed by atoms with Crippen LogP contribution >= 0.6 is 0 Å². The Kier molecular flexibility index (Phi) is 4.66. The van der Waals surface area contributed by atoms with Crippen LogP contribution in [0.3, 0.4) is 0 Å². The Hall–Kier alpha value is -1.46. The zero-order chi connectivity index (χ0) is 12.8. The molecule has 1 N–H and O–H groups in total. The number of ether oxygens (including phenoxy) is 1. The number of pyridine rings is 1. The zero-order valence-electron chi connectivity index (χ0n) is 10.3. The van der Waals surface area contributed by atoms with Gasteiger partial charge in [0.15, 0.2) is 0 Å². The van der Waals surface area contributed by atoms with E-state index >= 15 is 0 Å². The van der Waals surface area contributed by atoms with Crippen LogP contribution < -0.4 is 0 Å². The number of carbonyl (C=O) groups is 1. The van der Waals surface area contributed by atoms with E-state index in [1.54, 1.807) is 17.3 Å². The molecule has 0 bridgehead atoms. The molecule has 1 unspecified atom stereocenters. The lowest BCUT2D eigenvalue weighted by atomic mass is 10.1. The van der Waals surface area contributed by atoms with Gasteiger partial charge in [-0.25, -0.2) is 0 Å². The molecule has 1 fully saturated rings. The predicted molar refractivity (Wildman–Crippen MR) is 66.0 cm³/mol. The first-order valence-corrected chi connectivity index (χ1v) is 6.18. The highest BCUT2D eigenvalue weighted by Gasteiger charge is 2.26. The van der Waals surface area contributed by atoms with Crippen molar-refractivity contribution in [2.45, 2.75) is 18.9 Å². The Morgan fingerprint density at radius 2 is 2.28 bits per heavy atom. The fourth-order valence-electron chi connectivity index (χ4n) is 2.08. The largest absolute Gasteiger partial charge is 0.394 e. The summed E-state index contributed by atoms with van der Waals surface area (Å²) in [6, 6.07) is 3.63. The molecule has 1 atom stereocenters. The number of carbonyl (C=O) groups excluding carboxylic acids is 1. The summed E-state index contributed by atoms with van der Waals surface area (Å²) in [5, 5.41) is 9.21. The van der Waals surface area contributed by atoms with Crippen LogP contribution in [0, 0.1) is 0 Å². The maximum Gasteiger partial charge on any atom is 0.223 e. The highest BCUT2D eigenvalue weighted by Crippen LogP contribution is 2.10. The molecular formula is C13H18N2O3. The van der Waals surface area contributed by atoms with Crippen LogP contribution in [0.2, 0.25) is 0 Å². The number of aromatic nitrogens is 1. The molecule has 5 nitrogen and oxygen atoms in total. The molecule has 18 heavy (non-hydrogen) atoms. The third-order valence-electron chi connectivity index (χ3n) is 3.14. The third-order valence-corrected chi connectivity index (χ3v) is 3.14. The first-order valence-electron chi connectivity index (χ1n) is 6.18. The summed E-state index contributed by atoms with van der Waals surface area (Å²) in [6.45, 7) is 1.51. The van der Waals surface area contributed by atoms with E-state index < -0.39 is 0 Å². The zero-order valence-corrected chi connectivity index (χ0v) is 10.3. The molecule has 1 aromatic heterocycles. The number of morpholine rings is 1. The number of amides is 1. The molecule has 1 amide bonds. The number of hydrogen-bond acceptors (Lipinski definition) is 4. The van der Waals surface area contributed by atoms with Crippen molar-refractivity contribution in [1.29, 1.82) is 0 Å². The van der Waals surface area contributed by atoms with E-state index in [0.29, 0.717) is 32.6 Å². The Labute approximate surface area is 106 Å². The summed E-state index contributed by atoms with van der Waals surface area (Å²) < 4.78 is 5.25. The fraction of sp³-hybridized carbons (Fsp3) is 0.538. The van der Waals surface area contributed by atoms with Crippen molar-refractivity contribution in [3.63, 3.8) is 0 Å². The van der Waals surface area contributed by atoms with Gasteiger partial charge in [0.05, 0.1) is 25.9 Å². The summed E-state index contributed by atoms with van der Waals surface area (Å²) in [6.07, 6.45) is 4.62. The van der Waals surface area contributed by atoms with E-state index in [-0.39, 0.29) is 18.6 Å². The fourth-order valence-corrected chi connectivity index (χ4v) is 2.08. The van der Waals surface area contributed by atoms with Crippen molar-refractivity contribution in [1.82, 2.24) is 9.88 Å². The van der Waals surface area contributed by atoms with Crippen LogP contribution in [0.5, 0.6) is 0 Å². The van der Waals surface area contributed by atoms with Gasteiger partial charge in [0.1, 0.15) is 0 Å². The molecule has 1 aromatic rings. The van der Waals surface area contributed by atoms with Crippen LogP contribution in [0.25, 0.3) is 0 Å². The Balaban J connectivity index is 1.87. The Morgan fingerprint density at radius 3 is 3.00 bits per heavy atom. The smallest absolute Gasteiger partial charge is 0.223 e. The van der Waals surface area contributed by atoms with Gasteiger partial charge in [0, 0.05) is 25.4 Å². The van der Waals surface area contributed by atoms with Gasteiger partial charge in [0.2, 0.25) is 5.91 Å². The summed E-state index contributed by atoms with van der Waals surface area (Å²) in [7, 11) is 0. The van der Waals surface area contributed by atoms with Gasteiger partial charge in [0.25, 0.3) is 0 Å². The highest BCUT2D eigenvalue weighted by molar-refractivity contribution is 5.77. The number of aryl methyl sites for hydroxylation is 1. The minimum Gasteiger partial charge on any atom is -0.394 e. The molecule has 0 aliphatic carbocycles. The van der Waals surface area contributed by atoms with Crippen LogP contribution in [0.15, 0.2) is 24.5 Å². The lowest BCUT2D eigenvalue weighted by Crippen LogP contribution is -2.50. The van der Waals surface area contributed by atoms with Crippen LogP contribution in [-0.4, -0.2) is 53.3 Å². The van der Waals surface area contributed by atoms with Crippen LogP contribution in [-0.2, 0) is 16.0 Å². The molecule has 0 radical (unpaired) electrons. The second kappa shape index (κ2) is 6.47. The van der Waals surface area contributed by atoms with Crippen molar-refractivity contribution >= 4 is 5.91 Å². The third kappa shape index (κ3) is 3.27. The van der Waals surface area contributed by atoms with Gasteiger partial charge < -0.3 is 14.7 Å². The van der Waals surface area contributed by atoms with Crippen LogP contribution in [0.4, 0.5) is 0 Å². The molecule has 2 heterocycles. The molecule has 2 rings (SSSR count). The average molecular weight is 250 g/mol. The predicted octanol–water partition coefficient (Wildman–Crippen LogP) is 0.234. The van der Waals surface area contributed by atoms with Crippen molar-refractivity contribution in [3.8, 4) is 0 Å². The van der Waals surface area contributed by atoms with E-state index in [1.165, 1.54) is 0 Å². The first kappa shape index (κ1) is 13.0. The van der Waals surface area contributed by atoms with E-state index in [4.69, 9.17) is 4.74 Å². The molecule has 0 saturated carbocycles. The molecular weight excluding hydrogens is 232 g/mol. The van der Waals surface area contributed by atoms with Crippen LogP contribution in [0.1, 0.15) is 12.0 Å². The number of aliphatic hydroxyl groups is 1. The van der Waals surface area contributed by atoms with E-state index in [9.17, 15) is 9.90 Å². The number of rotatable bonds is 4. The highest BCUT2D eigenvalue weighted by atomic mass is 16.5.